The predicted molar refractivity (Wildman–Crippen MR) is 132 cm³/mol. The van der Waals surface area contributed by atoms with Gasteiger partial charge in [0.05, 0.1) is 41.4 Å². The summed E-state index contributed by atoms with van der Waals surface area (Å²) in [4.78, 5) is 25.0. The Kier molecular flexibility index (Phi) is 6.08. The van der Waals surface area contributed by atoms with E-state index < -0.39 is 0 Å². The number of hydrogen-bond acceptors (Lipinski definition) is 4. The third kappa shape index (κ3) is 4.55. The maximum Gasteiger partial charge on any atom is 0.319 e. The van der Waals surface area contributed by atoms with Crippen LogP contribution in [0, 0.1) is 0 Å². The van der Waals surface area contributed by atoms with Gasteiger partial charge in [-0.25, -0.2) is 9.48 Å². The summed E-state index contributed by atoms with van der Waals surface area (Å²) in [6.07, 6.45) is 2.25. The number of fused-ring (bicyclic) bond motifs is 1. The Morgan fingerprint density at radius 1 is 1.12 bits per heavy atom. The van der Waals surface area contributed by atoms with Crippen LogP contribution < -0.4 is 16.2 Å². The third-order valence-corrected chi connectivity index (χ3v) is 6.12. The molecule has 1 aliphatic carbocycles. The zero-order chi connectivity index (χ0) is 23.7. The normalized spacial score (nSPS) is 13.2. The molecule has 4 aromatic rings. The van der Waals surface area contributed by atoms with E-state index in [9.17, 15) is 14.7 Å². The van der Waals surface area contributed by atoms with E-state index in [4.69, 9.17) is 16.7 Å². The molecule has 0 radical (unpaired) electrons. The molecule has 0 bridgehead atoms. The molecule has 0 aliphatic heterocycles. The lowest BCUT2D eigenvalue weighted by atomic mass is 10.1. The summed E-state index contributed by atoms with van der Waals surface area (Å²) in [5, 5.41) is 21.2. The standard InChI is InChI=1S/C25H24ClN5O3/c26-17-3-1-4-18(13-17)31-19(14-22(29-31)16-7-8-16)15-27-25(34)28-21-5-2-6-23-20(21)9-10-24(33)30(23)11-12-32/h1-6,9-10,13-14,16,32H,7-8,11-12,15H2,(H2,27,28,34). The molecule has 174 valence electrons. The van der Waals surface area contributed by atoms with Crippen LogP contribution >= 0.6 is 11.6 Å². The molecule has 1 fully saturated rings. The van der Waals surface area contributed by atoms with Crippen LogP contribution in [-0.4, -0.2) is 32.1 Å². The first-order chi connectivity index (χ1) is 16.5. The van der Waals surface area contributed by atoms with E-state index in [2.05, 4.69) is 10.6 Å². The van der Waals surface area contributed by atoms with Gasteiger partial charge in [0.15, 0.2) is 0 Å². The molecule has 9 heteroatoms. The zero-order valence-corrected chi connectivity index (χ0v) is 19.1. The maximum atomic E-state index is 12.8. The quantitative estimate of drug-likeness (QED) is 0.374. The number of urea groups is 1. The van der Waals surface area contributed by atoms with Gasteiger partial charge in [-0.3, -0.25) is 4.79 Å². The van der Waals surface area contributed by atoms with Crippen LogP contribution in [0.25, 0.3) is 16.6 Å². The number of pyridine rings is 1. The van der Waals surface area contributed by atoms with Gasteiger partial charge in [-0.2, -0.15) is 5.10 Å². The Morgan fingerprint density at radius 2 is 1.94 bits per heavy atom. The molecule has 5 rings (SSSR count). The number of amides is 2. The molecule has 0 saturated heterocycles. The SMILES string of the molecule is O=C(NCc1cc(C2CC2)nn1-c1cccc(Cl)c1)Nc1cccc2c1ccc(=O)n2CCO. The van der Waals surface area contributed by atoms with Crippen LogP contribution in [0.2, 0.25) is 5.02 Å². The number of carbonyl (C=O) groups is 1. The Morgan fingerprint density at radius 3 is 2.71 bits per heavy atom. The number of aliphatic hydroxyl groups excluding tert-OH is 1. The van der Waals surface area contributed by atoms with Crippen LogP contribution in [0.1, 0.15) is 30.1 Å². The Bertz CT molecular complexity index is 1420. The molecule has 2 aromatic carbocycles. The molecule has 2 aromatic heterocycles. The summed E-state index contributed by atoms with van der Waals surface area (Å²) in [6.45, 7) is 0.307. The van der Waals surface area contributed by atoms with Gasteiger partial charge in [-0.1, -0.05) is 23.7 Å². The number of benzene rings is 2. The fraction of sp³-hybridized carbons (Fsp3) is 0.240. The molecule has 34 heavy (non-hydrogen) atoms. The highest BCUT2D eigenvalue weighted by Gasteiger charge is 2.27. The molecular formula is C25H24ClN5O3. The van der Waals surface area contributed by atoms with Crippen molar-refractivity contribution in [2.45, 2.75) is 31.8 Å². The van der Waals surface area contributed by atoms with Crippen molar-refractivity contribution in [3.05, 3.63) is 87.4 Å². The Balaban J connectivity index is 1.36. The first-order valence-electron chi connectivity index (χ1n) is 11.2. The van der Waals surface area contributed by atoms with Crippen molar-refractivity contribution in [3.8, 4) is 5.69 Å². The van der Waals surface area contributed by atoms with Crippen molar-refractivity contribution < 1.29 is 9.90 Å². The second-order valence-corrected chi connectivity index (χ2v) is 8.76. The molecule has 2 heterocycles. The van der Waals surface area contributed by atoms with Crippen molar-refractivity contribution in [1.82, 2.24) is 19.7 Å². The lowest BCUT2D eigenvalue weighted by Crippen LogP contribution is -2.29. The topological polar surface area (TPSA) is 101 Å². The number of rotatable bonds is 7. The summed E-state index contributed by atoms with van der Waals surface area (Å²) in [6, 6.07) is 17.6. The minimum atomic E-state index is -0.376. The summed E-state index contributed by atoms with van der Waals surface area (Å²) >= 11 is 6.18. The number of anilines is 1. The van der Waals surface area contributed by atoms with Crippen molar-refractivity contribution >= 4 is 34.2 Å². The molecule has 8 nitrogen and oxygen atoms in total. The lowest BCUT2D eigenvalue weighted by molar-refractivity contribution is 0.251. The van der Waals surface area contributed by atoms with Crippen molar-refractivity contribution in [1.29, 1.82) is 0 Å². The van der Waals surface area contributed by atoms with Crippen molar-refractivity contribution in [3.63, 3.8) is 0 Å². The lowest BCUT2D eigenvalue weighted by Gasteiger charge is -2.14. The van der Waals surface area contributed by atoms with Crippen LogP contribution in [0.3, 0.4) is 0 Å². The average molecular weight is 478 g/mol. The van der Waals surface area contributed by atoms with Gasteiger partial charge in [0, 0.05) is 28.9 Å². The van der Waals surface area contributed by atoms with Crippen LogP contribution in [0.4, 0.5) is 10.5 Å². The van der Waals surface area contributed by atoms with Gasteiger partial charge >= 0.3 is 6.03 Å². The van der Waals surface area contributed by atoms with Gasteiger partial charge in [-0.15, -0.1) is 0 Å². The third-order valence-electron chi connectivity index (χ3n) is 5.88. The largest absolute Gasteiger partial charge is 0.395 e. The van der Waals surface area contributed by atoms with Gasteiger partial charge in [0.1, 0.15) is 0 Å². The molecule has 0 unspecified atom stereocenters. The van der Waals surface area contributed by atoms with Gasteiger partial charge in [0.2, 0.25) is 0 Å². The van der Waals surface area contributed by atoms with E-state index in [-0.39, 0.29) is 31.3 Å². The minimum Gasteiger partial charge on any atom is -0.395 e. The summed E-state index contributed by atoms with van der Waals surface area (Å²) in [5.41, 5.74) is 3.73. The highest BCUT2D eigenvalue weighted by Crippen LogP contribution is 2.39. The first-order valence-corrected chi connectivity index (χ1v) is 11.5. The highest BCUT2D eigenvalue weighted by molar-refractivity contribution is 6.30. The van der Waals surface area contributed by atoms with Crippen molar-refractivity contribution in [2.24, 2.45) is 0 Å². The van der Waals surface area contributed by atoms with Crippen molar-refractivity contribution in [2.75, 3.05) is 11.9 Å². The number of nitrogens with one attached hydrogen (secondary N) is 2. The number of hydrogen-bond donors (Lipinski definition) is 3. The zero-order valence-electron chi connectivity index (χ0n) is 18.4. The minimum absolute atomic E-state index is 0.152. The number of aliphatic hydroxyl groups is 1. The second kappa shape index (κ2) is 9.32. The Hall–Kier alpha value is -3.62. The van der Waals surface area contributed by atoms with Gasteiger partial charge in [0.25, 0.3) is 5.56 Å². The van der Waals surface area contributed by atoms with E-state index in [0.717, 1.165) is 29.9 Å². The van der Waals surface area contributed by atoms with E-state index >= 15 is 0 Å². The second-order valence-electron chi connectivity index (χ2n) is 8.32. The van der Waals surface area contributed by atoms with E-state index in [1.807, 2.05) is 35.0 Å². The maximum absolute atomic E-state index is 12.8. The summed E-state index contributed by atoms with van der Waals surface area (Å²) < 4.78 is 3.31. The number of nitrogens with zero attached hydrogens (tertiary/aromatic N) is 3. The predicted octanol–water partition coefficient (Wildman–Crippen LogP) is 4.03. The van der Waals surface area contributed by atoms with Gasteiger partial charge < -0.3 is 20.3 Å². The molecule has 0 spiro atoms. The number of carbonyl (C=O) groups excluding carboxylic acids is 1. The fourth-order valence-electron chi connectivity index (χ4n) is 4.08. The molecular weight excluding hydrogens is 454 g/mol. The molecule has 0 atom stereocenters. The summed E-state index contributed by atoms with van der Waals surface area (Å²) in [5.74, 6) is 0.472. The van der Waals surface area contributed by atoms with Gasteiger partial charge in [-0.05, 0) is 55.3 Å². The smallest absolute Gasteiger partial charge is 0.319 e. The molecule has 1 aliphatic rings. The number of aromatic nitrogens is 3. The molecule has 3 N–H and O–H groups in total. The van der Waals surface area contributed by atoms with Crippen LogP contribution in [-0.2, 0) is 13.1 Å². The summed E-state index contributed by atoms with van der Waals surface area (Å²) in [7, 11) is 0. The average Bonchev–Trinajstić information content (AvgIpc) is 3.59. The monoisotopic (exact) mass is 477 g/mol. The van der Waals surface area contributed by atoms with E-state index in [0.29, 0.717) is 27.5 Å². The fourth-order valence-corrected chi connectivity index (χ4v) is 4.26. The Labute approximate surface area is 200 Å². The van der Waals surface area contributed by atoms with Crippen LogP contribution in [0.5, 0.6) is 0 Å². The van der Waals surface area contributed by atoms with Crippen LogP contribution in [0.15, 0.2) is 65.5 Å². The number of halogens is 1. The molecule has 2 amide bonds. The first kappa shape index (κ1) is 22.2. The van der Waals surface area contributed by atoms with E-state index in [1.165, 1.54) is 10.6 Å². The molecule has 1 saturated carbocycles. The van der Waals surface area contributed by atoms with E-state index in [1.54, 1.807) is 24.3 Å². The highest BCUT2D eigenvalue weighted by atomic mass is 35.5.